The zero-order valence-electron chi connectivity index (χ0n) is 16.3. The Hall–Kier alpha value is -1.13. The third-order valence-corrected chi connectivity index (χ3v) is 5.69. The summed E-state index contributed by atoms with van der Waals surface area (Å²) in [6.07, 6.45) is 2.53. The first-order valence-corrected chi connectivity index (χ1v) is 10.1. The summed E-state index contributed by atoms with van der Waals surface area (Å²) in [6, 6.07) is 4.36. The van der Waals surface area contributed by atoms with Gasteiger partial charge in [-0.15, -0.1) is 35.3 Å². The molecule has 0 radical (unpaired) electrons. The van der Waals surface area contributed by atoms with Gasteiger partial charge in [-0.2, -0.15) is 0 Å². The number of halogens is 1. The fourth-order valence-corrected chi connectivity index (χ4v) is 4.07. The van der Waals surface area contributed by atoms with Crippen molar-refractivity contribution in [2.45, 2.75) is 39.8 Å². The van der Waals surface area contributed by atoms with Gasteiger partial charge in [-0.1, -0.05) is 6.07 Å². The molecule has 0 aromatic carbocycles. The monoisotopic (exact) mass is 503 g/mol. The molecule has 2 N–H and O–H groups in total. The first-order chi connectivity index (χ1) is 12.6. The first-order valence-electron chi connectivity index (χ1n) is 9.26. The summed E-state index contributed by atoms with van der Waals surface area (Å²) in [5.74, 6) is 3.02. The van der Waals surface area contributed by atoms with Gasteiger partial charge in [-0.05, 0) is 50.6 Å². The van der Waals surface area contributed by atoms with E-state index in [1.54, 1.807) is 7.05 Å². The predicted molar refractivity (Wildman–Crippen MR) is 122 cm³/mol. The van der Waals surface area contributed by atoms with E-state index in [2.05, 4.69) is 43.0 Å². The fourth-order valence-electron chi connectivity index (χ4n) is 3.32. The van der Waals surface area contributed by atoms with Crippen LogP contribution in [0.15, 0.2) is 26.9 Å². The number of oxazole rings is 1. The minimum absolute atomic E-state index is 0. The number of rotatable bonds is 6. The summed E-state index contributed by atoms with van der Waals surface area (Å²) in [4.78, 5) is 12.7. The molecule has 2 aromatic rings. The van der Waals surface area contributed by atoms with Crippen molar-refractivity contribution in [1.82, 2.24) is 20.5 Å². The van der Waals surface area contributed by atoms with Gasteiger partial charge in [0.05, 0.1) is 12.2 Å². The number of piperidine rings is 1. The second-order valence-electron chi connectivity index (χ2n) is 6.88. The van der Waals surface area contributed by atoms with Crippen molar-refractivity contribution in [1.29, 1.82) is 0 Å². The molecular weight excluding hydrogens is 473 g/mol. The topological polar surface area (TPSA) is 65.7 Å². The van der Waals surface area contributed by atoms with Gasteiger partial charge in [0.15, 0.2) is 5.96 Å². The van der Waals surface area contributed by atoms with Crippen molar-refractivity contribution in [3.05, 3.63) is 39.7 Å². The minimum atomic E-state index is 0. The highest BCUT2D eigenvalue weighted by atomic mass is 127. The number of likely N-dealkylation sites (tertiary alicyclic amines) is 1. The van der Waals surface area contributed by atoms with E-state index in [0.717, 1.165) is 37.0 Å². The molecule has 3 heterocycles. The molecule has 2 aromatic heterocycles. The number of hydrogen-bond donors (Lipinski definition) is 2. The third-order valence-electron chi connectivity index (χ3n) is 4.82. The average Bonchev–Trinajstić information content (AvgIpc) is 3.25. The van der Waals surface area contributed by atoms with Crippen LogP contribution in [0.3, 0.4) is 0 Å². The molecule has 6 nitrogen and oxygen atoms in total. The maximum absolute atomic E-state index is 5.61. The fraction of sp³-hybridized carbons (Fsp3) is 0.579. The van der Waals surface area contributed by atoms with E-state index in [4.69, 9.17) is 4.42 Å². The summed E-state index contributed by atoms with van der Waals surface area (Å²) in [6.45, 7) is 8.78. The molecule has 0 saturated carbocycles. The number of nitrogens with zero attached hydrogens (tertiary/aromatic N) is 3. The lowest BCUT2D eigenvalue weighted by Gasteiger charge is -2.32. The quantitative estimate of drug-likeness (QED) is 0.359. The normalized spacial score (nSPS) is 18.2. The lowest BCUT2D eigenvalue weighted by molar-refractivity contribution is 0.169. The van der Waals surface area contributed by atoms with Crippen molar-refractivity contribution < 1.29 is 4.42 Å². The van der Waals surface area contributed by atoms with Crippen molar-refractivity contribution >= 4 is 41.3 Å². The van der Waals surface area contributed by atoms with Crippen LogP contribution in [0.2, 0.25) is 0 Å². The van der Waals surface area contributed by atoms with Crippen LogP contribution in [0.5, 0.6) is 0 Å². The number of aromatic nitrogens is 1. The number of hydrogen-bond acceptors (Lipinski definition) is 5. The van der Waals surface area contributed by atoms with Gasteiger partial charge in [-0.25, -0.2) is 4.98 Å². The Morgan fingerprint density at radius 1 is 1.41 bits per heavy atom. The highest BCUT2D eigenvalue weighted by Crippen LogP contribution is 2.20. The number of aliphatic imine (C=N–C) groups is 1. The van der Waals surface area contributed by atoms with E-state index in [-0.39, 0.29) is 24.0 Å². The standard InChI is InChI=1S/C19H29N5OS.HI/c1-14-15(2)25-18(23-14)11-22-19(20-3)21-10-16-6-4-8-24(12-16)13-17-7-5-9-26-17;/h5,7,9,16H,4,6,8,10-13H2,1-3H3,(H2,20,21,22);1H. The van der Waals surface area contributed by atoms with Crippen LogP contribution < -0.4 is 10.6 Å². The maximum atomic E-state index is 5.61. The smallest absolute Gasteiger partial charge is 0.214 e. The van der Waals surface area contributed by atoms with Crippen LogP contribution in [0.25, 0.3) is 0 Å². The SMILES string of the molecule is CN=C(NCc1nc(C)c(C)o1)NCC1CCCN(Cc2cccs2)C1.I. The van der Waals surface area contributed by atoms with E-state index in [1.165, 1.54) is 24.3 Å². The highest BCUT2D eigenvalue weighted by molar-refractivity contribution is 14.0. The molecule has 1 unspecified atom stereocenters. The Balaban J connectivity index is 0.00000261. The molecule has 3 rings (SSSR count). The van der Waals surface area contributed by atoms with Gasteiger partial charge in [-0.3, -0.25) is 9.89 Å². The Morgan fingerprint density at radius 2 is 2.26 bits per heavy atom. The van der Waals surface area contributed by atoms with Crippen molar-refractivity contribution in [3.8, 4) is 0 Å². The summed E-state index contributed by atoms with van der Waals surface area (Å²) >= 11 is 1.85. The van der Waals surface area contributed by atoms with Crippen LogP contribution in [-0.2, 0) is 13.1 Å². The van der Waals surface area contributed by atoms with Crippen molar-refractivity contribution in [2.75, 3.05) is 26.7 Å². The molecule has 27 heavy (non-hydrogen) atoms. The molecule has 1 aliphatic heterocycles. The first kappa shape index (κ1) is 22.2. The van der Waals surface area contributed by atoms with Crippen LogP contribution in [0.1, 0.15) is 35.1 Å². The van der Waals surface area contributed by atoms with Gasteiger partial charge >= 0.3 is 0 Å². The van der Waals surface area contributed by atoms with E-state index < -0.39 is 0 Å². The molecule has 0 spiro atoms. The van der Waals surface area contributed by atoms with Crippen LogP contribution in [0.4, 0.5) is 0 Å². The van der Waals surface area contributed by atoms with Crippen molar-refractivity contribution in [2.24, 2.45) is 10.9 Å². The van der Waals surface area contributed by atoms with Crippen LogP contribution in [0, 0.1) is 19.8 Å². The van der Waals surface area contributed by atoms with Gasteiger partial charge in [0, 0.05) is 31.6 Å². The highest BCUT2D eigenvalue weighted by Gasteiger charge is 2.20. The van der Waals surface area contributed by atoms with Gasteiger partial charge in [0.25, 0.3) is 0 Å². The molecule has 1 aliphatic rings. The zero-order valence-corrected chi connectivity index (χ0v) is 19.5. The van der Waals surface area contributed by atoms with Crippen molar-refractivity contribution in [3.63, 3.8) is 0 Å². The number of aryl methyl sites for hydroxylation is 2. The van der Waals surface area contributed by atoms with Gasteiger partial charge in [0.2, 0.25) is 5.89 Å². The number of nitrogens with one attached hydrogen (secondary N) is 2. The molecule has 0 aliphatic carbocycles. The molecule has 0 amide bonds. The molecule has 1 atom stereocenters. The summed E-state index contributed by atoms with van der Waals surface area (Å²) in [5, 5.41) is 8.90. The molecule has 150 valence electrons. The summed E-state index contributed by atoms with van der Waals surface area (Å²) in [7, 11) is 1.80. The number of guanidine groups is 1. The summed E-state index contributed by atoms with van der Waals surface area (Å²) in [5.41, 5.74) is 0.942. The van der Waals surface area contributed by atoms with Gasteiger partial charge in [0.1, 0.15) is 5.76 Å². The molecule has 1 fully saturated rings. The second-order valence-corrected chi connectivity index (χ2v) is 7.91. The molecule has 0 bridgehead atoms. The third kappa shape index (κ3) is 6.76. The Morgan fingerprint density at radius 3 is 2.93 bits per heavy atom. The Labute approximate surface area is 182 Å². The summed E-state index contributed by atoms with van der Waals surface area (Å²) < 4.78 is 5.61. The Kier molecular flexibility index (Phi) is 9.04. The lowest BCUT2D eigenvalue weighted by atomic mass is 9.98. The largest absolute Gasteiger partial charge is 0.444 e. The second kappa shape index (κ2) is 11.0. The van der Waals surface area contributed by atoms with E-state index in [0.29, 0.717) is 18.4 Å². The average molecular weight is 503 g/mol. The minimum Gasteiger partial charge on any atom is -0.444 e. The number of thiophene rings is 1. The van der Waals surface area contributed by atoms with E-state index in [1.807, 2.05) is 25.2 Å². The van der Waals surface area contributed by atoms with E-state index in [9.17, 15) is 0 Å². The molecule has 1 saturated heterocycles. The zero-order chi connectivity index (χ0) is 18.4. The molecule has 8 heteroatoms. The van der Waals surface area contributed by atoms with Crippen LogP contribution >= 0.6 is 35.3 Å². The lowest BCUT2D eigenvalue weighted by Crippen LogP contribution is -2.44. The Bertz CT molecular complexity index is 696. The van der Waals surface area contributed by atoms with Gasteiger partial charge < -0.3 is 15.1 Å². The predicted octanol–water partition coefficient (Wildman–Crippen LogP) is 3.55. The maximum Gasteiger partial charge on any atom is 0.214 e. The van der Waals surface area contributed by atoms with E-state index >= 15 is 0 Å². The van der Waals surface area contributed by atoms with Crippen LogP contribution in [-0.4, -0.2) is 42.5 Å². The molecular formula is C19H30IN5OS.